The standard InChI is InChI=1S/C15H31N3/c1-17(2)14-8-10-18(11-9-14)12-15(16)13-6-4-3-5-7-13/h13-15H,3-12,16H2,1-2H3. The fourth-order valence-electron chi connectivity index (χ4n) is 3.63. The molecular weight excluding hydrogens is 222 g/mol. The number of nitrogens with zero attached hydrogens (tertiary/aromatic N) is 2. The van der Waals surface area contributed by atoms with E-state index >= 15 is 0 Å². The lowest BCUT2D eigenvalue weighted by atomic mass is 9.84. The Morgan fingerprint density at radius 2 is 1.67 bits per heavy atom. The van der Waals surface area contributed by atoms with Gasteiger partial charge in [0.2, 0.25) is 0 Å². The van der Waals surface area contributed by atoms with Gasteiger partial charge in [0.1, 0.15) is 0 Å². The third-order valence-electron chi connectivity index (χ3n) is 5.01. The van der Waals surface area contributed by atoms with Crippen molar-refractivity contribution in [2.45, 2.75) is 57.0 Å². The van der Waals surface area contributed by atoms with Crippen molar-refractivity contribution in [2.24, 2.45) is 11.7 Å². The first-order valence-corrected chi connectivity index (χ1v) is 7.81. The lowest BCUT2D eigenvalue weighted by Crippen LogP contribution is -2.48. The van der Waals surface area contributed by atoms with Gasteiger partial charge in [-0.1, -0.05) is 19.3 Å². The average Bonchev–Trinajstić information content (AvgIpc) is 2.40. The van der Waals surface area contributed by atoms with Gasteiger partial charge in [-0.05, 0) is 58.8 Å². The Balaban J connectivity index is 1.70. The number of hydrogen-bond acceptors (Lipinski definition) is 3. The van der Waals surface area contributed by atoms with Crippen molar-refractivity contribution in [1.29, 1.82) is 0 Å². The molecule has 3 heteroatoms. The van der Waals surface area contributed by atoms with Crippen LogP contribution in [0.15, 0.2) is 0 Å². The molecule has 2 fully saturated rings. The second kappa shape index (κ2) is 6.88. The molecule has 0 radical (unpaired) electrons. The molecule has 0 aromatic heterocycles. The molecule has 1 unspecified atom stereocenters. The minimum absolute atomic E-state index is 0.418. The molecule has 2 aliphatic rings. The maximum absolute atomic E-state index is 6.42. The molecular formula is C15H31N3. The number of rotatable bonds is 4. The van der Waals surface area contributed by atoms with Crippen LogP contribution in [0, 0.1) is 5.92 Å². The normalized spacial score (nSPS) is 26.7. The highest BCUT2D eigenvalue weighted by atomic mass is 15.2. The number of hydrogen-bond donors (Lipinski definition) is 1. The van der Waals surface area contributed by atoms with Crippen molar-refractivity contribution < 1.29 is 0 Å². The first-order chi connectivity index (χ1) is 8.66. The van der Waals surface area contributed by atoms with Crippen LogP contribution in [0.5, 0.6) is 0 Å². The summed E-state index contributed by atoms with van der Waals surface area (Å²) in [5, 5.41) is 0. The molecule has 0 aromatic carbocycles. The van der Waals surface area contributed by atoms with Crippen LogP contribution in [0.3, 0.4) is 0 Å². The van der Waals surface area contributed by atoms with E-state index in [0.29, 0.717) is 6.04 Å². The number of nitrogens with two attached hydrogens (primary N) is 1. The molecule has 1 saturated heterocycles. The monoisotopic (exact) mass is 253 g/mol. The van der Waals surface area contributed by atoms with E-state index in [1.165, 1.54) is 58.0 Å². The van der Waals surface area contributed by atoms with Crippen LogP contribution in [0.2, 0.25) is 0 Å². The molecule has 0 amide bonds. The van der Waals surface area contributed by atoms with Gasteiger partial charge in [-0.2, -0.15) is 0 Å². The first-order valence-electron chi connectivity index (χ1n) is 7.81. The molecule has 2 N–H and O–H groups in total. The topological polar surface area (TPSA) is 32.5 Å². The predicted octanol–water partition coefficient (Wildman–Crippen LogP) is 1.92. The largest absolute Gasteiger partial charge is 0.326 e. The van der Waals surface area contributed by atoms with E-state index in [-0.39, 0.29) is 0 Å². The Hall–Kier alpha value is -0.120. The zero-order chi connectivity index (χ0) is 13.0. The summed E-state index contributed by atoms with van der Waals surface area (Å²) in [6, 6.07) is 1.20. The molecule has 18 heavy (non-hydrogen) atoms. The Morgan fingerprint density at radius 1 is 1.06 bits per heavy atom. The van der Waals surface area contributed by atoms with Crippen LogP contribution < -0.4 is 5.73 Å². The molecule has 1 aliphatic carbocycles. The molecule has 0 spiro atoms. The highest BCUT2D eigenvalue weighted by Crippen LogP contribution is 2.26. The predicted molar refractivity (Wildman–Crippen MR) is 77.7 cm³/mol. The third-order valence-corrected chi connectivity index (χ3v) is 5.01. The molecule has 1 atom stereocenters. The van der Waals surface area contributed by atoms with E-state index in [4.69, 9.17) is 5.73 Å². The minimum atomic E-state index is 0.418. The summed E-state index contributed by atoms with van der Waals surface area (Å²) in [5.41, 5.74) is 6.42. The van der Waals surface area contributed by atoms with E-state index in [1.54, 1.807) is 0 Å². The van der Waals surface area contributed by atoms with Gasteiger partial charge in [-0.25, -0.2) is 0 Å². The fourth-order valence-corrected chi connectivity index (χ4v) is 3.63. The van der Waals surface area contributed by atoms with E-state index in [9.17, 15) is 0 Å². The van der Waals surface area contributed by atoms with E-state index in [0.717, 1.165) is 18.5 Å². The van der Waals surface area contributed by atoms with Gasteiger partial charge in [-0.15, -0.1) is 0 Å². The molecule has 0 bridgehead atoms. The van der Waals surface area contributed by atoms with Crippen LogP contribution in [0.1, 0.15) is 44.9 Å². The van der Waals surface area contributed by atoms with Gasteiger partial charge in [0, 0.05) is 18.6 Å². The Morgan fingerprint density at radius 3 is 2.22 bits per heavy atom. The van der Waals surface area contributed by atoms with Gasteiger partial charge < -0.3 is 15.5 Å². The van der Waals surface area contributed by atoms with Crippen molar-refractivity contribution in [3.63, 3.8) is 0 Å². The van der Waals surface area contributed by atoms with Crippen LogP contribution in [0.4, 0.5) is 0 Å². The van der Waals surface area contributed by atoms with Crippen molar-refractivity contribution >= 4 is 0 Å². The second-order valence-corrected chi connectivity index (χ2v) is 6.56. The Bertz CT molecular complexity index is 228. The molecule has 0 aromatic rings. The average molecular weight is 253 g/mol. The molecule has 106 valence electrons. The molecule has 2 rings (SSSR count). The quantitative estimate of drug-likeness (QED) is 0.831. The Kier molecular flexibility index (Phi) is 5.46. The van der Waals surface area contributed by atoms with Crippen molar-refractivity contribution in [3.8, 4) is 0 Å². The van der Waals surface area contributed by atoms with Crippen molar-refractivity contribution in [1.82, 2.24) is 9.80 Å². The smallest absolute Gasteiger partial charge is 0.0196 e. The molecule has 1 saturated carbocycles. The van der Waals surface area contributed by atoms with E-state index in [1.807, 2.05) is 0 Å². The summed E-state index contributed by atoms with van der Waals surface area (Å²) in [4.78, 5) is 4.97. The highest BCUT2D eigenvalue weighted by molar-refractivity contribution is 4.83. The van der Waals surface area contributed by atoms with Crippen LogP contribution in [-0.4, -0.2) is 55.6 Å². The summed E-state index contributed by atoms with van der Waals surface area (Å²) in [5.74, 6) is 0.797. The summed E-state index contributed by atoms with van der Waals surface area (Å²) in [7, 11) is 4.40. The first kappa shape index (κ1) is 14.3. The zero-order valence-electron chi connectivity index (χ0n) is 12.3. The van der Waals surface area contributed by atoms with Gasteiger partial charge in [-0.3, -0.25) is 0 Å². The van der Waals surface area contributed by atoms with Gasteiger partial charge in [0.15, 0.2) is 0 Å². The molecule has 1 heterocycles. The Labute approximate surface area is 113 Å². The maximum Gasteiger partial charge on any atom is 0.0196 e. The lowest BCUT2D eigenvalue weighted by molar-refractivity contribution is 0.127. The highest BCUT2D eigenvalue weighted by Gasteiger charge is 2.25. The van der Waals surface area contributed by atoms with E-state index < -0.39 is 0 Å². The third kappa shape index (κ3) is 3.94. The number of likely N-dealkylation sites (tertiary alicyclic amines) is 1. The van der Waals surface area contributed by atoms with Gasteiger partial charge >= 0.3 is 0 Å². The van der Waals surface area contributed by atoms with E-state index in [2.05, 4.69) is 23.9 Å². The maximum atomic E-state index is 6.42. The summed E-state index contributed by atoms with van der Waals surface area (Å²) in [6.45, 7) is 3.61. The summed E-state index contributed by atoms with van der Waals surface area (Å²) < 4.78 is 0. The van der Waals surface area contributed by atoms with Crippen molar-refractivity contribution in [3.05, 3.63) is 0 Å². The van der Waals surface area contributed by atoms with Crippen molar-refractivity contribution in [2.75, 3.05) is 33.7 Å². The lowest BCUT2D eigenvalue weighted by Gasteiger charge is -2.38. The van der Waals surface area contributed by atoms with Crippen LogP contribution >= 0.6 is 0 Å². The molecule has 1 aliphatic heterocycles. The summed E-state index contributed by atoms with van der Waals surface area (Å²) in [6.07, 6.45) is 9.60. The molecule has 3 nitrogen and oxygen atoms in total. The van der Waals surface area contributed by atoms with Crippen LogP contribution in [-0.2, 0) is 0 Å². The second-order valence-electron chi connectivity index (χ2n) is 6.56. The fraction of sp³-hybridized carbons (Fsp3) is 1.00. The SMILES string of the molecule is CN(C)C1CCN(CC(N)C2CCCCC2)CC1. The number of piperidine rings is 1. The van der Waals surface area contributed by atoms with Crippen LogP contribution in [0.25, 0.3) is 0 Å². The van der Waals surface area contributed by atoms with Gasteiger partial charge in [0.25, 0.3) is 0 Å². The zero-order valence-corrected chi connectivity index (χ0v) is 12.3. The minimum Gasteiger partial charge on any atom is -0.326 e. The van der Waals surface area contributed by atoms with Gasteiger partial charge in [0.05, 0.1) is 0 Å². The summed E-state index contributed by atoms with van der Waals surface area (Å²) >= 11 is 0.